The highest BCUT2D eigenvalue weighted by molar-refractivity contribution is 5.74. The molecule has 24 heavy (non-hydrogen) atoms. The van der Waals surface area contributed by atoms with Gasteiger partial charge in [-0.15, -0.1) is 0 Å². The van der Waals surface area contributed by atoms with E-state index in [1.807, 2.05) is 25.1 Å². The predicted molar refractivity (Wildman–Crippen MR) is 92.0 cm³/mol. The third-order valence-electron chi connectivity index (χ3n) is 4.48. The number of amides is 2. The van der Waals surface area contributed by atoms with E-state index in [1.165, 1.54) is 6.07 Å². The monoisotopic (exact) mass is 337 g/mol. The summed E-state index contributed by atoms with van der Waals surface area (Å²) in [5, 5.41) is 12.5. The molecule has 5 nitrogen and oxygen atoms in total. The molecule has 0 saturated carbocycles. The average Bonchev–Trinajstić information content (AvgIpc) is 2.54. The van der Waals surface area contributed by atoms with E-state index in [-0.39, 0.29) is 17.8 Å². The smallest absolute Gasteiger partial charge is 0.317 e. The van der Waals surface area contributed by atoms with Gasteiger partial charge in [0.1, 0.15) is 5.82 Å². The number of benzene rings is 1. The number of likely N-dealkylation sites (tertiary alicyclic amines) is 1. The Bertz CT molecular complexity index is 563. The molecular formula is C18H28FN3O2. The van der Waals surface area contributed by atoms with E-state index >= 15 is 0 Å². The van der Waals surface area contributed by atoms with Gasteiger partial charge in [0.15, 0.2) is 0 Å². The van der Waals surface area contributed by atoms with Gasteiger partial charge in [-0.1, -0.05) is 12.1 Å². The molecular weight excluding hydrogens is 309 g/mol. The highest BCUT2D eigenvalue weighted by Gasteiger charge is 2.26. The van der Waals surface area contributed by atoms with E-state index in [0.717, 1.165) is 18.4 Å². The topological polar surface area (TPSA) is 55.8 Å². The molecule has 1 heterocycles. The zero-order valence-electron chi connectivity index (χ0n) is 14.8. The zero-order chi connectivity index (χ0) is 17.7. The molecule has 1 aliphatic heterocycles. The number of nitrogens with one attached hydrogen (secondary N) is 1. The van der Waals surface area contributed by atoms with Crippen molar-refractivity contribution in [3.05, 3.63) is 35.1 Å². The number of nitrogens with zero attached hydrogens (tertiary/aromatic N) is 2. The second-order valence-electron chi connectivity index (χ2n) is 6.91. The molecule has 0 bridgehead atoms. The Morgan fingerprint density at radius 3 is 2.88 bits per heavy atom. The summed E-state index contributed by atoms with van der Waals surface area (Å²) in [5.74, 6) is -0.116. The maximum Gasteiger partial charge on any atom is 0.317 e. The first-order valence-electron chi connectivity index (χ1n) is 8.49. The van der Waals surface area contributed by atoms with Crippen LogP contribution in [0.2, 0.25) is 0 Å². The molecule has 6 heteroatoms. The second kappa shape index (κ2) is 8.44. The quantitative estimate of drug-likeness (QED) is 0.866. The van der Waals surface area contributed by atoms with Gasteiger partial charge in [-0.2, -0.15) is 0 Å². The molecule has 1 aromatic carbocycles. The molecule has 1 saturated heterocycles. The van der Waals surface area contributed by atoms with Gasteiger partial charge in [0.25, 0.3) is 0 Å². The fourth-order valence-electron chi connectivity index (χ4n) is 3.05. The van der Waals surface area contributed by atoms with Crippen molar-refractivity contribution in [3.63, 3.8) is 0 Å². The average molecular weight is 337 g/mol. The zero-order valence-corrected chi connectivity index (χ0v) is 14.8. The summed E-state index contributed by atoms with van der Waals surface area (Å²) in [7, 11) is 3.79. The maximum atomic E-state index is 14.1. The molecule has 1 fully saturated rings. The number of piperidine rings is 1. The van der Waals surface area contributed by atoms with Gasteiger partial charge in [0.05, 0.1) is 6.10 Å². The van der Waals surface area contributed by atoms with E-state index in [1.54, 1.807) is 17.9 Å². The molecule has 2 N–H and O–H groups in total. The molecule has 134 valence electrons. The molecule has 2 amide bonds. The Morgan fingerprint density at radius 1 is 1.50 bits per heavy atom. The molecule has 0 spiro atoms. The van der Waals surface area contributed by atoms with E-state index in [9.17, 15) is 14.3 Å². The van der Waals surface area contributed by atoms with Crippen LogP contribution in [0.5, 0.6) is 0 Å². The van der Waals surface area contributed by atoms with Crippen molar-refractivity contribution in [2.75, 3.05) is 27.2 Å². The summed E-state index contributed by atoms with van der Waals surface area (Å²) in [6, 6.07) is 4.93. The van der Waals surface area contributed by atoms with Crippen molar-refractivity contribution in [2.24, 2.45) is 5.92 Å². The van der Waals surface area contributed by atoms with Crippen LogP contribution in [0.25, 0.3) is 0 Å². The van der Waals surface area contributed by atoms with E-state index in [4.69, 9.17) is 0 Å². The Morgan fingerprint density at radius 2 is 2.25 bits per heavy atom. The van der Waals surface area contributed by atoms with E-state index < -0.39 is 6.10 Å². The van der Waals surface area contributed by atoms with Gasteiger partial charge in [0.2, 0.25) is 0 Å². The minimum atomic E-state index is -0.404. The first-order valence-corrected chi connectivity index (χ1v) is 8.49. The highest BCUT2D eigenvalue weighted by Crippen LogP contribution is 2.19. The van der Waals surface area contributed by atoms with Crippen molar-refractivity contribution in [1.29, 1.82) is 0 Å². The Hall–Kier alpha value is -1.66. The number of urea groups is 1. The number of rotatable bonds is 5. The van der Waals surface area contributed by atoms with Crippen LogP contribution in [0.4, 0.5) is 9.18 Å². The van der Waals surface area contributed by atoms with Crippen molar-refractivity contribution < 1.29 is 14.3 Å². The standard InChI is InChI=1S/C18H28FN3O2/c1-13(23)15-5-4-8-22(12-15)18(24)20-10-14-6-7-16(11-21(2)3)17(19)9-14/h6-7,9,13,15,23H,4-5,8,10-12H2,1-3H3,(H,20,24). The molecule has 2 rings (SSSR count). The lowest BCUT2D eigenvalue weighted by atomic mass is 9.94. The number of carbonyl (C=O) groups is 1. The minimum absolute atomic E-state index is 0.132. The SMILES string of the molecule is CC(O)C1CCCN(C(=O)NCc2ccc(CN(C)C)c(F)c2)C1. The summed E-state index contributed by atoms with van der Waals surface area (Å²) in [4.78, 5) is 15.9. The maximum absolute atomic E-state index is 14.1. The number of hydrogen-bond donors (Lipinski definition) is 2. The number of aliphatic hydroxyl groups is 1. The van der Waals surface area contributed by atoms with Crippen LogP contribution in [0.3, 0.4) is 0 Å². The summed E-state index contributed by atoms with van der Waals surface area (Å²) < 4.78 is 14.1. The molecule has 1 aromatic rings. The fourth-order valence-corrected chi connectivity index (χ4v) is 3.05. The Kier molecular flexibility index (Phi) is 6.57. The summed E-state index contributed by atoms with van der Waals surface area (Å²) in [5.41, 5.74) is 1.39. The summed E-state index contributed by atoms with van der Waals surface area (Å²) >= 11 is 0. The summed E-state index contributed by atoms with van der Waals surface area (Å²) in [6.07, 6.45) is 1.44. The fraction of sp³-hybridized carbons (Fsp3) is 0.611. The first-order chi connectivity index (χ1) is 11.4. The first kappa shape index (κ1) is 18.7. The minimum Gasteiger partial charge on any atom is -0.393 e. The van der Waals surface area contributed by atoms with Gasteiger partial charge >= 0.3 is 6.03 Å². The van der Waals surface area contributed by atoms with Crippen molar-refractivity contribution in [2.45, 2.75) is 39.0 Å². The van der Waals surface area contributed by atoms with Gasteiger partial charge in [0, 0.05) is 37.7 Å². The van der Waals surface area contributed by atoms with Crippen LogP contribution in [0.15, 0.2) is 18.2 Å². The predicted octanol–water partition coefficient (Wildman–Crippen LogP) is 2.19. The van der Waals surface area contributed by atoms with Gasteiger partial charge in [-0.05, 0) is 45.5 Å². The second-order valence-corrected chi connectivity index (χ2v) is 6.91. The van der Waals surface area contributed by atoms with Crippen LogP contribution in [0.1, 0.15) is 30.9 Å². The molecule has 2 unspecified atom stereocenters. The lowest BCUT2D eigenvalue weighted by molar-refractivity contribution is 0.0738. The third kappa shape index (κ3) is 5.18. The number of hydrogen-bond acceptors (Lipinski definition) is 3. The molecule has 1 aliphatic rings. The van der Waals surface area contributed by atoms with Crippen LogP contribution in [-0.2, 0) is 13.1 Å². The lowest BCUT2D eigenvalue weighted by Crippen LogP contribution is -2.47. The van der Waals surface area contributed by atoms with Gasteiger partial charge < -0.3 is 20.2 Å². The molecule has 0 radical (unpaired) electrons. The van der Waals surface area contributed by atoms with Gasteiger partial charge in [-0.3, -0.25) is 0 Å². The Labute approximate surface area is 143 Å². The normalized spacial score (nSPS) is 19.4. The van der Waals surface area contributed by atoms with Crippen LogP contribution >= 0.6 is 0 Å². The summed E-state index contributed by atoms with van der Waals surface area (Å²) in [6.45, 7) is 3.88. The van der Waals surface area contributed by atoms with Crippen LogP contribution in [0, 0.1) is 11.7 Å². The number of carbonyl (C=O) groups excluding carboxylic acids is 1. The number of halogens is 1. The van der Waals surface area contributed by atoms with Crippen LogP contribution < -0.4 is 5.32 Å². The van der Waals surface area contributed by atoms with E-state index in [0.29, 0.717) is 31.7 Å². The largest absolute Gasteiger partial charge is 0.393 e. The molecule has 0 aliphatic carbocycles. The highest BCUT2D eigenvalue weighted by atomic mass is 19.1. The molecule has 2 atom stereocenters. The Balaban J connectivity index is 1.88. The van der Waals surface area contributed by atoms with Crippen molar-refractivity contribution in [1.82, 2.24) is 15.1 Å². The van der Waals surface area contributed by atoms with Crippen molar-refractivity contribution >= 4 is 6.03 Å². The van der Waals surface area contributed by atoms with E-state index in [2.05, 4.69) is 5.32 Å². The van der Waals surface area contributed by atoms with Gasteiger partial charge in [-0.25, -0.2) is 9.18 Å². The van der Waals surface area contributed by atoms with Crippen molar-refractivity contribution in [3.8, 4) is 0 Å². The third-order valence-corrected chi connectivity index (χ3v) is 4.48. The number of aliphatic hydroxyl groups excluding tert-OH is 1. The lowest BCUT2D eigenvalue weighted by Gasteiger charge is -2.34. The van der Waals surface area contributed by atoms with Crippen LogP contribution in [-0.4, -0.2) is 54.2 Å². The molecule has 0 aromatic heterocycles.